The first-order valence-corrected chi connectivity index (χ1v) is 10.8. The first-order valence-electron chi connectivity index (χ1n) is 9.60. The predicted octanol–water partition coefficient (Wildman–Crippen LogP) is 6.29. The third kappa shape index (κ3) is 3.71. The Labute approximate surface area is 185 Å². The number of para-hydroxylation sites is 1. The van der Waals surface area contributed by atoms with Crippen LogP contribution in [0.3, 0.4) is 0 Å². The molecule has 4 nitrogen and oxygen atoms in total. The largest absolute Gasteiger partial charge is 0.316 e. The van der Waals surface area contributed by atoms with E-state index in [1.807, 2.05) is 75.4 Å². The number of imide groups is 1. The van der Waals surface area contributed by atoms with Gasteiger partial charge in [0.05, 0.1) is 22.2 Å². The summed E-state index contributed by atoms with van der Waals surface area (Å²) in [7, 11) is 0. The van der Waals surface area contributed by atoms with Gasteiger partial charge in [0.15, 0.2) is 0 Å². The van der Waals surface area contributed by atoms with Crippen molar-refractivity contribution in [3.63, 3.8) is 0 Å². The molecule has 3 aromatic rings. The Morgan fingerprint density at radius 3 is 2.43 bits per heavy atom. The molecule has 0 atom stereocenters. The van der Waals surface area contributed by atoms with Crippen LogP contribution in [0.5, 0.6) is 0 Å². The van der Waals surface area contributed by atoms with Gasteiger partial charge in [-0.2, -0.15) is 0 Å². The van der Waals surface area contributed by atoms with Gasteiger partial charge in [-0.15, -0.1) is 0 Å². The fourth-order valence-electron chi connectivity index (χ4n) is 3.67. The number of aromatic nitrogens is 1. The zero-order valence-corrected chi connectivity index (χ0v) is 18.6. The minimum absolute atomic E-state index is 0.241. The number of amides is 2. The van der Waals surface area contributed by atoms with Crippen LogP contribution in [0.4, 0.5) is 4.79 Å². The van der Waals surface area contributed by atoms with Crippen molar-refractivity contribution in [2.75, 3.05) is 0 Å². The van der Waals surface area contributed by atoms with Crippen molar-refractivity contribution in [2.45, 2.75) is 27.3 Å². The van der Waals surface area contributed by atoms with Gasteiger partial charge in [-0.05, 0) is 73.5 Å². The number of benzene rings is 2. The number of nitrogens with zero attached hydrogens (tertiary/aromatic N) is 2. The van der Waals surface area contributed by atoms with E-state index in [0.29, 0.717) is 9.93 Å². The molecule has 2 amide bonds. The second-order valence-electron chi connectivity index (χ2n) is 7.31. The molecule has 0 bridgehead atoms. The highest BCUT2D eigenvalue weighted by molar-refractivity contribution is 8.18. The van der Waals surface area contributed by atoms with Gasteiger partial charge in [0, 0.05) is 11.4 Å². The normalized spacial score (nSPS) is 15.5. The number of thioether (sulfide) groups is 1. The van der Waals surface area contributed by atoms with Crippen LogP contribution in [-0.4, -0.2) is 20.6 Å². The van der Waals surface area contributed by atoms with E-state index >= 15 is 0 Å². The number of carbonyl (C=O) groups excluding carboxylic acids is 2. The van der Waals surface area contributed by atoms with Gasteiger partial charge in [-0.25, -0.2) is 0 Å². The van der Waals surface area contributed by atoms with E-state index in [-0.39, 0.29) is 17.7 Å². The standard InChI is InChI=1S/C24H21ClN2O2S/c1-15-8-4-5-9-18(15)14-26-23(28)22(30-24(26)29)13-19-12-16(2)27(17(19)3)21-11-7-6-10-20(21)25/h4-13H,14H2,1-3H3/b22-13-. The molecule has 6 heteroatoms. The molecule has 2 aromatic carbocycles. The van der Waals surface area contributed by atoms with Crippen LogP contribution in [0.15, 0.2) is 59.5 Å². The van der Waals surface area contributed by atoms with Crippen LogP contribution >= 0.6 is 23.4 Å². The average Bonchev–Trinajstić information content (AvgIpc) is 3.14. The molecule has 4 rings (SSSR count). The van der Waals surface area contributed by atoms with E-state index in [9.17, 15) is 9.59 Å². The summed E-state index contributed by atoms with van der Waals surface area (Å²) in [6, 6.07) is 17.4. The minimum atomic E-state index is -0.254. The molecule has 1 fully saturated rings. The van der Waals surface area contributed by atoms with E-state index in [1.54, 1.807) is 6.08 Å². The first kappa shape index (κ1) is 20.5. The molecule has 0 unspecified atom stereocenters. The Bertz CT molecular complexity index is 1200. The van der Waals surface area contributed by atoms with E-state index in [0.717, 1.165) is 45.5 Å². The zero-order chi connectivity index (χ0) is 21.4. The lowest BCUT2D eigenvalue weighted by molar-refractivity contribution is -0.123. The molecule has 0 N–H and O–H groups in total. The second-order valence-corrected chi connectivity index (χ2v) is 8.71. The summed E-state index contributed by atoms with van der Waals surface area (Å²) in [4.78, 5) is 27.2. The van der Waals surface area contributed by atoms with Crippen molar-refractivity contribution in [1.82, 2.24) is 9.47 Å². The maximum atomic E-state index is 13.0. The van der Waals surface area contributed by atoms with Crippen LogP contribution in [-0.2, 0) is 11.3 Å². The molecule has 1 saturated heterocycles. The fourth-order valence-corrected chi connectivity index (χ4v) is 4.72. The van der Waals surface area contributed by atoms with Crippen molar-refractivity contribution >= 4 is 40.6 Å². The van der Waals surface area contributed by atoms with Gasteiger partial charge in [0.1, 0.15) is 0 Å². The number of hydrogen-bond donors (Lipinski definition) is 0. The Balaban J connectivity index is 1.66. The van der Waals surface area contributed by atoms with Gasteiger partial charge in [-0.1, -0.05) is 48.0 Å². The van der Waals surface area contributed by atoms with Gasteiger partial charge < -0.3 is 4.57 Å². The van der Waals surface area contributed by atoms with Crippen molar-refractivity contribution in [1.29, 1.82) is 0 Å². The second kappa shape index (κ2) is 8.17. The summed E-state index contributed by atoms with van der Waals surface area (Å²) in [5.41, 5.74) is 5.79. The quantitative estimate of drug-likeness (QED) is 0.451. The topological polar surface area (TPSA) is 42.3 Å². The van der Waals surface area contributed by atoms with Crippen LogP contribution < -0.4 is 0 Å². The molecule has 30 heavy (non-hydrogen) atoms. The van der Waals surface area contributed by atoms with Gasteiger partial charge in [0.25, 0.3) is 11.1 Å². The smallest absolute Gasteiger partial charge is 0.293 e. The lowest BCUT2D eigenvalue weighted by Gasteiger charge is -2.14. The van der Waals surface area contributed by atoms with E-state index in [1.165, 1.54) is 4.90 Å². The van der Waals surface area contributed by atoms with Crippen molar-refractivity contribution in [3.8, 4) is 5.69 Å². The van der Waals surface area contributed by atoms with E-state index in [4.69, 9.17) is 11.6 Å². The summed E-state index contributed by atoms with van der Waals surface area (Å²) < 4.78 is 2.06. The molecule has 1 aromatic heterocycles. The predicted molar refractivity (Wildman–Crippen MR) is 123 cm³/mol. The molecule has 0 saturated carbocycles. The number of rotatable bonds is 4. The van der Waals surface area contributed by atoms with Crippen LogP contribution in [0.2, 0.25) is 5.02 Å². The Morgan fingerprint density at radius 2 is 1.70 bits per heavy atom. The summed E-state index contributed by atoms with van der Waals surface area (Å²) >= 11 is 7.38. The number of halogens is 1. The summed E-state index contributed by atoms with van der Waals surface area (Å²) in [6.07, 6.45) is 1.80. The van der Waals surface area contributed by atoms with Crippen molar-refractivity contribution < 1.29 is 9.59 Å². The number of carbonyl (C=O) groups is 2. The highest BCUT2D eigenvalue weighted by Crippen LogP contribution is 2.35. The van der Waals surface area contributed by atoms with Crippen LogP contribution in [0, 0.1) is 20.8 Å². The highest BCUT2D eigenvalue weighted by Gasteiger charge is 2.35. The van der Waals surface area contributed by atoms with Gasteiger partial charge in [0.2, 0.25) is 0 Å². The van der Waals surface area contributed by atoms with Crippen LogP contribution in [0.25, 0.3) is 11.8 Å². The van der Waals surface area contributed by atoms with Gasteiger partial charge in [-0.3, -0.25) is 14.5 Å². The molecule has 1 aliphatic rings. The summed E-state index contributed by atoms with van der Waals surface area (Å²) in [5.74, 6) is -0.254. The Morgan fingerprint density at radius 1 is 1.00 bits per heavy atom. The molecule has 0 aliphatic carbocycles. The number of aryl methyl sites for hydroxylation is 2. The van der Waals surface area contributed by atoms with E-state index < -0.39 is 0 Å². The van der Waals surface area contributed by atoms with Crippen molar-refractivity contribution in [3.05, 3.63) is 92.6 Å². The fraction of sp³-hybridized carbons (Fsp3) is 0.167. The highest BCUT2D eigenvalue weighted by atomic mass is 35.5. The minimum Gasteiger partial charge on any atom is -0.316 e. The molecule has 0 radical (unpaired) electrons. The number of hydrogen-bond acceptors (Lipinski definition) is 3. The average molecular weight is 437 g/mol. The lowest BCUT2D eigenvalue weighted by atomic mass is 10.1. The Hall–Kier alpha value is -2.76. The maximum Gasteiger partial charge on any atom is 0.293 e. The summed E-state index contributed by atoms with van der Waals surface area (Å²) in [6.45, 7) is 6.25. The third-order valence-electron chi connectivity index (χ3n) is 5.31. The van der Waals surface area contributed by atoms with E-state index in [2.05, 4.69) is 4.57 Å². The molecular weight excluding hydrogens is 416 g/mol. The van der Waals surface area contributed by atoms with Crippen LogP contribution in [0.1, 0.15) is 28.1 Å². The molecule has 0 spiro atoms. The Kier molecular flexibility index (Phi) is 5.58. The molecule has 152 valence electrons. The zero-order valence-electron chi connectivity index (χ0n) is 17.0. The molecule has 2 heterocycles. The maximum absolute atomic E-state index is 13.0. The summed E-state index contributed by atoms with van der Waals surface area (Å²) in [5, 5.41) is 0.416. The molecular formula is C24H21ClN2O2S. The monoisotopic (exact) mass is 436 g/mol. The van der Waals surface area contributed by atoms with Gasteiger partial charge >= 0.3 is 0 Å². The molecule has 1 aliphatic heterocycles. The third-order valence-corrected chi connectivity index (χ3v) is 6.54. The van der Waals surface area contributed by atoms with Crippen molar-refractivity contribution in [2.24, 2.45) is 0 Å². The lowest BCUT2D eigenvalue weighted by Crippen LogP contribution is -2.27. The SMILES string of the molecule is Cc1ccccc1CN1C(=O)S/C(=C\c2cc(C)n(-c3ccccc3Cl)c2C)C1=O. The first-order chi connectivity index (χ1) is 14.4.